The molecule has 1 amide bonds. The van der Waals surface area contributed by atoms with Gasteiger partial charge in [0.25, 0.3) is 5.91 Å². The highest BCUT2D eigenvalue weighted by Crippen LogP contribution is 2.29. The third-order valence-electron chi connectivity index (χ3n) is 3.15. The van der Waals surface area contributed by atoms with E-state index in [9.17, 15) is 4.79 Å². The molecule has 0 fully saturated rings. The minimum Gasteiger partial charge on any atom is -0.399 e. The molecule has 3 rings (SSSR count). The average Bonchev–Trinajstić information content (AvgIpc) is 2.90. The van der Waals surface area contributed by atoms with Crippen molar-refractivity contribution >= 4 is 27.9 Å². The first-order chi connectivity index (χ1) is 9.72. The van der Waals surface area contributed by atoms with E-state index in [1.165, 1.54) is 11.3 Å². The van der Waals surface area contributed by atoms with Gasteiger partial charge >= 0.3 is 0 Å². The molecule has 2 aromatic rings. The Balaban J connectivity index is 1.64. The Bertz CT molecular complexity index is 597. The number of amides is 1. The molecule has 5 N–H and O–H groups in total. The van der Waals surface area contributed by atoms with Gasteiger partial charge in [0, 0.05) is 24.3 Å². The minimum atomic E-state index is -0.0389. The summed E-state index contributed by atoms with van der Waals surface area (Å²) in [6.45, 7) is 2.07. The zero-order chi connectivity index (χ0) is 13.9. The van der Waals surface area contributed by atoms with Gasteiger partial charge in [-0.05, 0) is 23.8 Å². The Morgan fingerprint density at radius 3 is 2.90 bits per heavy atom. The summed E-state index contributed by atoms with van der Waals surface area (Å²) < 4.78 is 0. The molecule has 20 heavy (non-hydrogen) atoms. The quantitative estimate of drug-likeness (QED) is 0.649. The van der Waals surface area contributed by atoms with Crippen LogP contribution in [0.3, 0.4) is 0 Å². The van der Waals surface area contributed by atoms with Gasteiger partial charge in [0.05, 0.1) is 16.5 Å². The molecule has 2 heterocycles. The molecule has 0 spiro atoms. The van der Waals surface area contributed by atoms with Crippen LogP contribution in [0.4, 0.5) is 10.7 Å². The van der Waals surface area contributed by atoms with E-state index in [2.05, 4.69) is 16.0 Å². The molecule has 104 valence electrons. The average molecular weight is 288 g/mol. The molecule has 1 aliphatic rings. The van der Waals surface area contributed by atoms with Crippen LogP contribution < -0.4 is 21.7 Å². The van der Waals surface area contributed by atoms with E-state index in [0.29, 0.717) is 6.54 Å². The fraction of sp³-hybridized carbons (Fsp3) is 0.214. The van der Waals surface area contributed by atoms with Crippen LogP contribution in [0.1, 0.15) is 20.8 Å². The Morgan fingerprint density at radius 1 is 1.35 bits per heavy atom. The second-order valence-corrected chi connectivity index (χ2v) is 5.72. The number of benzene rings is 1. The first-order valence-electron chi connectivity index (χ1n) is 6.42. The van der Waals surface area contributed by atoms with Crippen LogP contribution in [-0.2, 0) is 13.1 Å². The summed E-state index contributed by atoms with van der Waals surface area (Å²) in [4.78, 5) is 12.9. The number of nitrogens with one attached hydrogen (secondary N) is 3. The maximum absolute atomic E-state index is 12.1. The van der Waals surface area contributed by atoms with Crippen molar-refractivity contribution in [1.82, 2.24) is 10.6 Å². The van der Waals surface area contributed by atoms with Crippen molar-refractivity contribution in [2.45, 2.75) is 13.1 Å². The third kappa shape index (κ3) is 2.76. The topological polar surface area (TPSA) is 79.2 Å². The number of rotatable bonds is 3. The summed E-state index contributed by atoms with van der Waals surface area (Å²) in [6, 6.07) is 9.44. The molecule has 0 saturated heterocycles. The van der Waals surface area contributed by atoms with Crippen LogP contribution in [0.25, 0.3) is 0 Å². The van der Waals surface area contributed by atoms with Gasteiger partial charge in [0.1, 0.15) is 0 Å². The lowest BCUT2D eigenvalue weighted by atomic mass is 10.2. The summed E-state index contributed by atoms with van der Waals surface area (Å²) in [5.74, 6) is -0.0389. The van der Waals surface area contributed by atoms with Crippen LogP contribution in [0.2, 0.25) is 0 Å². The van der Waals surface area contributed by atoms with E-state index >= 15 is 0 Å². The van der Waals surface area contributed by atoms with E-state index < -0.39 is 0 Å². The Labute approximate surface area is 121 Å². The zero-order valence-corrected chi connectivity index (χ0v) is 11.7. The Morgan fingerprint density at radius 2 is 2.15 bits per heavy atom. The lowest BCUT2D eigenvalue weighted by Crippen LogP contribution is -2.26. The van der Waals surface area contributed by atoms with Gasteiger partial charge in [0.15, 0.2) is 0 Å². The van der Waals surface area contributed by atoms with Gasteiger partial charge < -0.3 is 16.4 Å². The molecule has 5 nitrogen and oxygen atoms in total. The van der Waals surface area contributed by atoms with Crippen molar-refractivity contribution in [1.29, 1.82) is 0 Å². The SMILES string of the molecule is Nc1ccc(CNC(=O)c2cc3c(s2)NCNC3)cc1. The normalized spacial score (nSPS) is 13.4. The van der Waals surface area contributed by atoms with Gasteiger partial charge in [-0.2, -0.15) is 0 Å². The zero-order valence-electron chi connectivity index (χ0n) is 10.9. The van der Waals surface area contributed by atoms with Gasteiger partial charge in [0.2, 0.25) is 0 Å². The van der Waals surface area contributed by atoms with E-state index in [0.717, 1.165) is 39.9 Å². The summed E-state index contributed by atoms with van der Waals surface area (Å²) in [5, 5.41) is 10.5. The molecular weight excluding hydrogens is 272 g/mol. The highest BCUT2D eigenvalue weighted by molar-refractivity contribution is 7.18. The molecule has 0 aliphatic carbocycles. The molecule has 0 bridgehead atoms. The number of thiophene rings is 1. The summed E-state index contributed by atoms with van der Waals surface area (Å²) >= 11 is 1.50. The van der Waals surface area contributed by atoms with Crippen molar-refractivity contribution in [3.05, 3.63) is 46.3 Å². The molecule has 1 aliphatic heterocycles. The monoisotopic (exact) mass is 288 g/mol. The van der Waals surface area contributed by atoms with Crippen LogP contribution in [0, 0.1) is 0 Å². The fourth-order valence-corrected chi connectivity index (χ4v) is 3.06. The fourth-order valence-electron chi connectivity index (χ4n) is 2.07. The summed E-state index contributed by atoms with van der Waals surface area (Å²) in [7, 11) is 0. The molecule has 1 aromatic heterocycles. The van der Waals surface area contributed by atoms with Gasteiger partial charge in [-0.1, -0.05) is 12.1 Å². The summed E-state index contributed by atoms with van der Waals surface area (Å²) in [6.07, 6.45) is 0. The molecule has 1 aromatic carbocycles. The maximum Gasteiger partial charge on any atom is 0.261 e. The maximum atomic E-state index is 12.1. The number of hydrogen-bond donors (Lipinski definition) is 4. The smallest absolute Gasteiger partial charge is 0.261 e. The highest BCUT2D eigenvalue weighted by Gasteiger charge is 2.16. The first kappa shape index (κ1) is 13.0. The summed E-state index contributed by atoms with van der Waals surface area (Å²) in [5.41, 5.74) is 8.55. The molecule has 0 saturated carbocycles. The van der Waals surface area contributed by atoms with Gasteiger partial charge in [-0.25, -0.2) is 0 Å². The third-order valence-corrected chi connectivity index (χ3v) is 4.29. The van der Waals surface area contributed by atoms with Crippen molar-refractivity contribution < 1.29 is 4.79 Å². The number of hydrogen-bond acceptors (Lipinski definition) is 5. The van der Waals surface area contributed by atoms with E-state index in [-0.39, 0.29) is 5.91 Å². The highest BCUT2D eigenvalue weighted by atomic mass is 32.1. The van der Waals surface area contributed by atoms with E-state index in [1.54, 1.807) is 0 Å². The number of anilines is 2. The Hall–Kier alpha value is -2.05. The largest absolute Gasteiger partial charge is 0.399 e. The second-order valence-electron chi connectivity index (χ2n) is 4.67. The number of carbonyl (C=O) groups excluding carboxylic acids is 1. The minimum absolute atomic E-state index is 0.0389. The van der Waals surface area contributed by atoms with Crippen molar-refractivity contribution in [3.63, 3.8) is 0 Å². The second kappa shape index (κ2) is 5.52. The Kier molecular flexibility index (Phi) is 3.58. The predicted molar refractivity (Wildman–Crippen MR) is 81.7 cm³/mol. The van der Waals surface area contributed by atoms with E-state index in [4.69, 9.17) is 5.73 Å². The number of nitrogens with two attached hydrogens (primary N) is 1. The number of nitrogen functional groups attached to an aromatic ring is 1. The van der Waals surface area contributed by atoms with Gasteiger partial charge in [-0.15, -0.1) is 11.3 Å². The van der Waals surface area contributed by atoms with Crippen LogP contribution in [0.5, 0.6) is 0 Å². The van der Waals surface area contributed by atoms with Crippen LogP contribution in [0.15, 0.2) is 30.3 Å². The van der Waals surface area contributed by atoms with Crippen LogP contribution in [-0.4, -0.2) is 12.6 Å². The van der Waals surface area contributed by atoms with Crippen molar-refractivity contribution in [2.24, 2.45) is 0 Å². The molecule has 0 atom stereocenters. The lowest BCUT2D eigenvalue weighted by Gasteiger charge is -2.13. The van der Waals surface area contributed by atoms with Crippen molar-refractivity contribution in [3.8, 4) is 0 Å². The molecule has 0 unspecified atom stereocenters. The number of fused-ring (bicyclic) bond motifs is 1. The molecular formula is C14H16N4OS. The van der Waals surface area contributed by atoms with E-state index in [1.807, 2.05) is 30.3 Å². The first-order valence-corrected chi connectivity index (χ1v) is 7.24. The van der Waals surface area contributed by atoms with Crippen LogP contribution >= 0.6 is 11.3 Å². The lowest BCUT2D eigenvalue weighted by molar-refractivity contribution is 0.0955. The van der Waals surface area contributed by atoms with Gasteiger partial charge in [-0.3, -0.25) is 10.1 Å². The predicted octanol–water partition coefficient (Wildman–Crippen LogP) is 1.73. The molecule has 0 radical (unpaired) electrons. The standard InChI is InChI=1S/C14H16N4OS/c15-11-3-1-9(2-4-11)6-17-13(19)12-5-10-7-16-8-18-14(10)20-12/h1-5,16,18H,6-8,15H2,(H,17,19). The number of carbonyl (C=O) groups is 1. The van der Waals surface area contributed by atoms with Crippen molar-refractivity contribution in [2.75, 3.05) is 17.7 Å². The molecule has 6 heteroatoms.